The van der Waals surface area contributed by atoms with E-state index < -0.39 is 0 Å². The summed E-state index contributed by atoms with van der Waals surface area (Å²) in [5, 5.41) is 3.48. The molecule has 3 heteroatoms. The number of hydrogen-bond donors (Lipinski definition) is 1. The van der Waals surface area contributed by atoms with Gasteiger partial charge in [-0.2, -0.15) is 0 Å². The van der Waals surface area contributed by atoms with Crippen LogP contribution in [0, 0.1) is 0 Å². The van der Waals surface area contributed by atoms with E-state index in [9.17, 15) is 4.79 Å². The van der Waals surface area contributed by atoms with Crippen molar-refractivity contribution in [2.45, 2.75) is 52.0 Å². The summed E-state index contributed by atoms with van der Waals surface area (Å²) in [6, 6.07) is 7.18. The van der Waals surface area contributed by atoms with Crippen molar-refractivity contribution in [3.8, 4) is 0 Å². The normalized spacial score (nSPS) is 14.9. The van der Waals surface area contributed by atoms with Crippen LogP contribution in [0.2, 0.25) is 0 Å². The second-order valence-corrected chi connectivity index (χ2v) is 5.47. The Morgan fingerprint density at radius 3 is 2.95 bits per heavy atom. The third-order valence-electron chi connectivity index (χ3n) is 3.94. The Morgan fingerprint density at radius 2 is 2.15 bits per heavy atom. The van der Waals surface area contributed by atoms with Gasteiger partial charge in [0.15, 0.2) is 0 Å². The number of carbonyl (C=O) groups is 1. The van der Waals surface area contributed by atoms with Crippen LogP contribution in [0.1, 0.15) is 55.8 Å². The number of aryl methyl sites for hydroxylation is 2. The Hall–Kier alpha value is -1.35. The van der Waals surface area contributed by atoms with Gasteiger partial charge in [0, 0.05) is 12.5 Å². The molecule has 20 heavy (non-hydrogen) atoms. The van der Waals surface area contributed by atoms with E-state index in [1.54, 1.807) is 0 Å². The van der Waals surface area contributed by atoms with E-state index in [0.29, 0.717) is 19.1 Å². The molecule has 0 saturated carbocycles. The van der Waals surface area contributed by atoms with Crippen LogP contribution >= 0.6 is 0 Å². The first-order valence-corrected chi connectivity index (χ1v) is 7.71. The van der Waals surface area contributed by atoms with E-state index in [-0.39, 0.29) is 5.97 Å². The van der Waals surface area contributed by atoms with Gasteiger partial charge in [0.2, 0.25) is 0 Å². The van der Waals surface area contributed by atoms with Gasteiger partial charge in [0.1, 0.15) is 0 Å². The van der Waals surface area contributed by atoms with Gasteiger partial charge in [-0.25, -0.2) is 0 Å². The van der Waals surface area contributed by atoms with Crippen molar-refractivity contribution >= 4 is 5.97 Å². The maximum Gasteiger partial charge on any atom is 0.305 e. The molecule has 110 valence electrons. The van der Waals surface area contributed by atoms with Crippen molar-refractivity contribution in [2.75, 3.05) is 13.2 Å². The molecule has 1 unspecified atom stereocenters. The second-order valence-electron chi connectivity index (χ2n) is 5.47. The predicted octanol–water partition coefficient (Wildman–Crippen LogP) is 3.17. The molecule has 1 aliphatic rings. The summed E-state index contributed by atoms with van der Waals surface area (Å²) in [5.41, 5.74) is 4.38. The third kappa shape index (κ3) is 4.07. The largest absolute Gasteiger partial charge is 0.466 e. The molecule has 0 aliphatic heterocycles. The molecule has 1 aromatic rings. The molecule has 0 spiro atoms. The highest BCUT2D eigenvalue weighted by Gasteiger charge is 2.13. The molecule has 0 heterocycles. The summed E-state index contributed by atoms with van der Waals surface area (Å²) in [4.78, 5) is 11.2. The molecule has 0 amide bonds. The molecule has 0 saturated heterocycles. The van der Waals surface area contributed by atoms with Crippen LogP contribution in [-0.2, 0) is 22.4 Å². The topological polar surface area (TPSA) is 38.3 Å². The Labute approximate surface area is 121 Å². The molecule has 1 N–H and O–H groups in total. The number of benzene rings is 1. The standard InChI is InChI=1S/C17H25NO2/c1-3-20-17(19)8-5-11-18-13(2)15-10-9-14-6-4-7-16(14)12-15/h9-10,12-13,18H,3-8,11H2,1-2H3. The fraction of sp³-hybridized carbons (Fsp3) is 0.588. The molecule has 1 aromatic carbocycles. The first-order valence-electron chi connectivity index (χ1n) is 7.71. The molecule has 0 bridgehead atoms. The molecular formula is C17H25NO2. The molecule has 0 aromatic heterocycles. The van der Waals surface area contributed by atoms with Crippen LogP contribution in [0.5, 0.6) is 0 Å². The zero-order valence-corrected chi connectivity index (χ0v) is 12.6. The van der Waals surface area contributed by atoms with E-state index in [1.807, 2.05) is 6.92 Å². The zero-order valence-electron chi connectivity index (χ0n) is 12.6. The highest BCUT2D eigenvalue weighted by molar-refractivity contribution is 5.69. The minimum absolute atomic E-state index is 0.0977. The fourth-order valence-corrected chi connectivity index (χ4v) is 2.76. The van der Waals surface area contributed by atoms with Crippen LogP contribution in [-0.4, -0.2) is 19.1 Å². The number of fused-ring (bicyclic) bond motifs is 1. The van der Waals surface area contributed by atoms with Gasteiger partial charge in [-0.15, -0.1) is 0 Å². The highest BCUT2D eigenvalue weighted by atomic mass is 16.5. The fourth-order valence-electron chi connectivity index (χ4n) is 2.76. The molecule has 1 aliphatic carbocycles. The van der Waals surface area contributed by atoms with E-state index in [2.05, 4.69) is 30.4 Å². The molecule has 2 rings (SSSR count). The highest BCUT2D eigenvalue weighted by Crippen LogP contribution is 2.25. The van der Waals surface area contributed by atoms with Crippen molar-refractivity contribution in [1.82, 2.24) is 5.32 Å². The first-order chi connectivity index (χ1) is 9.70. The quantitative estimate of drug-likeness (QED) is 0.613. The maximum absolute atomic E-state index is 11.2. The van der Waals surface area contributed by atoms with Gasteiger partial charge < -0.3 is 10.1 Å². The van der Waals surface area contributed by atoms with E-state index >= 15 is 0 Å². The molecule has 0 fully saturated rings. The van der Waals surface area contributed by atoms with E-state index in [4.69, 9.17) is 4.74 Å². The summed E-state index contributed by atoms with van der Waals surface area (Å²) >= 11 is 0. The maximum atomic E-state index is 11.2. The minimum Gasteiger partial charge on any atom is -0.466 e. The Balaban J connectivity index is 1.75. The lowest BCUT2D eigenvalue weighted by Crippen LogP contribution is -2.21. The predicted molar refractivity (Wildman–Crippen MR) is 80.8 cm³/mol. The smallest absolute Gasteiger partial charge is 0.305 e. The third-order valence-corrected chi connectivity index (χ3v) is 3.94. The Morgan fingerprint density at radius 1 is 1.35 bits per heavy atom. The molecule has 3 nitrogen and oxygen atoms in total. The average Bonchev–Trinajstić information content (AvgIpc) is 2.91. The summed E-state index contributed by atoms with van der Waals surface area (Å²) in [6.07, 6.45) is 5.07. The molecule has 0 radical (unpaired) electrons. The van der Waals surface area contributed by atoms with Crippen molar-refractivity contribution in [3.05, 3.63) is 34.9 Å². The van der Waals surface area contributed by atoms with Crippen LogP contribution in [0.4, 0.5) is 0 Å². The van der Waals surface area contributed by atoms with Gasteiger partial charge in [0.25, 0.3) is 0 Å². The Bertz CT molecular complexity index is 456. The van der Waals surface area contributed by atoms with Gasteiger partial charge >= 0.3 is 5.97 Å². The van der Waals surface area contributed by atoms with Gasteiger partial charge in [-0.3, -0.25) is 4.79 Å². The second kappa shape index (κ2) is 7.44. The SMILES string of the molecule is CCOC(=O)CCCNC(C)c1ccc2c(c1)CCC2. The van der Waals surface area contributed by atoms with Crippen LogP contribution in [0.3, 0.4) is 0 Å². The summed E-state index contributed by atoms with van der Waals surface area (Å²) in [5.74, 6) is -0.0977. The first kappa shape index (κ1) is 15.0. The summed E-state index contributed by atoms with van der Waals surface area (Å²) in [7, 11) is 0. The lowest BCUT2D eigenvalue weighted by atomic mass is 10.0. The van der Waals surface area contributed by atoms with Gasteiger partial charge in [0.05, 0.1) is 6.61 Å². The van der Waals surface area contributed by atoms with Crippen molar-refractivity contribution in [1.29, 1.82) is 0 Å². The monoisotopic (exact) mass is 275 g/mol. The van der Waals surface area contributed by atoms with Crippen molar-refractivity contribution in [3.63, 3.8) is 0 Å². The van der Waals surface area contributed by atoms with Crippen LogP contribution in [0.25, 0.3) is 0 Å². The van der Waals surface area contributed by atoms with E-state index in [1.165, 1.54) is 36.0 Å². The van der Waals surface area contributed by atoms with Gasteiger partial charge in [-0.05, 0) is 62.8 Å². The zero-order chi connectivity index (χ0) is 14.4. The van der Waals surface area contributed by atoms with Gasteiger partial charge in [-0.1, -0.05) is 18.2 Å². The minimum atomic E-state index is -0.0977. The summed E-state index contributed by atoms with van der Waals surface area (Å²) < 4.78 is 4.92. The lowest BCUT2D eigenvalue weighted by molar-refractivity contribution is -0.143. The Kier molecular flexibility index (Phi) is 5.60. The molecular weight excluding hydrogens is 250 g/mol. The van der Waals surface area contributed by atoms with Crippen molar-refractivity contribution in [2.24, 2.45) is 0 Å². The number of esters is 1. The molecule has 1 atom stereocenters. The van der Waals surface area contributed by atoms with Crippen LogP contribution < -0.4 is 5.32 Å². The number of rotatable bonds is 7. The lowest BCUT2D eigenvalue weighted by Gasteiger charge is -2.15. The van der Waals surface area contributed by atoms with E-state index in [0.717, 1.165) is 13.0 Å². The average molecular weight is 275 g/mol. The van der Waals surface area contributed by atoms with Crippen LogP contribution in [0.15, 0.2) is 18.2 Å². The number of ether oxygens (including phenoxy) is 1. The number of hydrogen-bond acceptors (Lipinski definition) is 3. The number of nitrogens with one attached hydrogen (secondary N) is 1. The number of carbonyl (C=O) groups excluding carboxylic acids is 1. The van der Waals surface area contributed by atoms with Crippen molar-refractivity contribution < 1.29 is 9.53 Å². The summed E-state index contributed by atoms with van der Waals surface area (Å²) in [6.45, 7) is 5.34.